The number of thioether (sulfide) groups is 1. The fourth-order valence-electron chi connectivity index (χ4n) is 1.35. The molecular formula is C7H12OS. The third-order valence-electron chi connectivity index (χ3n) is 2.05. The smallest absolute Gasteiger partial charge is 0.0596 e. The zero-order valence-electron chi connectivity index (χ0n) is 5.51. The van der Waals surface area contributed by atoms with Crippen molar-refractivity contribution < 1.29 is 4.74 Å². The quantitative estimate of drug-likeness (QED) is 0.511. The van der Waals surface area contributed by atoms with Crippen LogP contribution in [0.15, 0.2) is 0 Å². The van der Waals surface area contributed by atoms with Crippen LogP contribution in [0.4, 0.5) is 0 Å². The molecule has 1 aliphatic carbocycles. The van der Waals surface area contributed by atoms with Gasteiger partial charge in [-0.25, -0.2) is 0 Å². The van der Waals surface area contributed by atoms with Gasteiger partial charge < -0.3 is 4.74 Å². The highest BCUT2D eigenvalue weighted by Crippen LogP contribution is 2.35. The zero-order valence-corrected chi connectivity index (χ0v) is 6.32. The lowest BCUT2D eigenvalue weighted by Gasteiger charge is -2.36. The van der Waals surface area contributed by atoms with E-state index in [9.17, 15) is 0 Å². The van der Waals surface area contributed by atoms with Gasteiger partial charge in [0.05, 0.1) is 6.10 Å². The van der Waals surface area contributed by atoms with Gasteiger partial charge in [-0.05, 0) is 25.0 Å². The van der Waals surface area contributed by atoms with E-state index in [0.717, 1.165) is 11.9 Å². The Bertz CT molecular complexity index is 83.6. The highest BCUT2D eigenvalue weighted by atomic mass is 32.2. The van der Waals surface area contributed by atoms with E-state index in [0.29, 0.717) is 6.10 Å². The fourth-order valence-corrected chi connectivity index (χ4v) is 2.67. The summed E-state index contributed by atoms with van der Waals surface area (Å²) >= 11 is 2.14. The SMILES string of the molecule is C1COC2CC(C2)SC1. The van der Waals surface area contributed by atoms with Crippen LogP contribution in [0.1, 0.15) is 19.3 Å². The van der Waals surface area contributed by atoms with Gasteiger partial charge in [-0.1, -0.05) is 0 Å². The minimum Gasteiger partial charge on any atom is -0.378 e. The van der Waals surface area contributed by atoms with E-state index in [1.807, 2.05) is 0 Å². The molecule has 0 unspecified atom stereocenters. The van der Waals surface area contributed by atoms with Gasteiger partial charge in [0.15, 0.2) is 0 Å². The average molecular weight is 144 g/mol. The average Bonchev–Trinajstić information content (AvgIpc) is 1.54. The summed E-state index contributed by atoms with van der Waals surface area (Å²) < 4.78 is 5.54. The molecule has 0 N–H and O–H groups in total. The summed E-state index contributed by atoms with van der Waals surface area (Å²) in [7, 11) is 0. The first kappa shape index (κ1) is 6.05. The Kier molecular flexibility index (Phi) is 1.68. The third kappa shape index (κ3) is 1.24. The molecule has 2 saturated heterocycles. The van der Waals surface area contributed by atoms with Crippen molar-refractivity contribution in [3.8, 4) is 0 Å². The lowest BCUT2D eigenvalue weighted by molar-refractivity contribution is 0.00406. The summed E-state index contributed by atoms with van der Waals surface area (Å²) in [5.74, 6) is 1.32. The van der Waals surface area contributed by atoms with E-state index >= 15 is 0 Å². The minimum atomic E-state index is 0.641. The summed E-state index contributed by atoms with van der Waals surface area (Å²) in [5.41, 5.74) is 0. The van der Waals surface area contributed by atoms with E-state index < -0.39 is 0 Å². The molecule has 0 aromatic rings. The van der Waals surface area contributed by atoms with Crippen LogP contribution < -0.4 is 0 Å². The van der Waals surface area contributed by atoms with Gasteiger partial charge in [0, 0.05) is 11.9 Å². The molecule has 0 aromatic carbocycles. The molecule has 2 bridgehead atoms. The monoisotopic (exact) mass is 144 g/mol. The van der Waals surface area contributed by atoms with E-state index in [1.165, 1.54) is 25.0 Å². The number of ether oxygens (including phenoxy) is 1. The van der Waals surface area contributed by atoms with Gasteiger partial charge >= 0.3 is 0 Å². The van der Waals surface area contributed by atoms with Crippen molar-refractivity contribution in [2.75, 3.05) is 12.4 Å². The standard InChI is InChI=1S/C7H12OS/c1-2-8-6-4-7(5-6)9-3-1/h6-7H,1-5H2. The first-order valence-corrected chi connectivity index (χ1v) is 4.73. The molecule has 0 atom stereocenters. The molecule has 1 saturated carbocycles. The summed E-state index contributed by atoms with van der Waals surface area (Å²) in [6.45, 7) is 1.00. The van der Waals surface area contributed by atoms with Gasteiger partial charge in [0.25, 0.3) is 0 Å². The van der Waals surface area contributed by atoms with Crippen molar-refractivity contribution >= 4 is 11.8 Å². The molecule has 0 aromatic heterocycles. The first-order valence-electron chi connectivity index (χ1n) is 3.68. The maximum Gasteiger partial charge on any atom is 0.0596 e. The molecule has 0 spiro atoms. The Morgan fingerprint density at radius 1 is 1.33 bits per heavy atom. The fraction of sp³-hybridized carbons (Fsp3) is 1.00. The lowest BCUT2D eigenvalue weighted by atomic mass is 9.95. The number of hydrogen-bond donors (Lipinski definition) is 0. The highest BCUT2D eigenvalue weighted by molar-refractivity contribution is 7.99. The maximum atomic E-state index is 5.54. The van der Waals surface area contributed by atoms with Gasteiger partial charge in [-0.15, -0.1) is 0 Å². The van der Waals surface area contributed by atoms with E-state index in [4.69, 9.17) is 4.74 Å². The predicted octanol–water partition coefficient (Wildman–Crippen LogP) is 1.67. The van der Waals surface area contributed by atoms with Crippen LogP contribution in [0.2, 0.25) is 0 Å². The van der Waals surface area contributed by atoms with E-state index in [1.54, 1.807) is 0 Å². The number of hydrogen-bond acceptors (Lipinski definition) is 2. The van der Waals surface area contributed by atoms with Crippen molar-refractivity contribution in [2.45, 2.75) is 30.6 Å². The van der Waals surface area contributed by atoms with Crippen LogP contribution in [0.5, 0.6) is 0 Å². The maximum absolute atomic E-state index is 5.54. The van der Waals surface area contributed by atoms with Crippen LogP contribution in [0.3, 0.4) is 0 Å². The van der Waals surface area contributed by atoms with Crippen molar-refractivity contribution in [3.63, 3.8) is 0 Å². The lowest BCUT2D eigenvalue weighted by Crippen LogP contribution is -2.35. The summed E-state index contributed by atoms with van der Waals surface area (Å²) in [5, 5.41) is 0.954. The topological polar surface area (TPSA) is 9.23 Å². The molecule has 3 fully saturated rings. The summed E-state index contributed by atoms with van der Waals surface area (Å²) in [6, 6.07) is 0. The molecule has 3 aliphatic rings. The van der Waals surface area contributed by atoms with Gasteiger partial charge in [-0.2, -0.15) is 11.8 Å². The van der Waals surface area contributed by atoms with Gasteiger partial charge in [0.2, 0.25) is 0 Å². The van der Waals surface area contributed by atoms with Crippen LogP contribution >= 0.6 is 11.8 Å². The van der Waals surface area contributed by atoms with Crippen molar-refractivity contribution in [2.24, 2.45) is 0 Å². The largest absolute Gasteiger partial charge is 0.378 e. The van der Waals surface area contributed by atoms with Crippen LogP contribution in [0.25, 0.3) is 0 Å². The van der Waals surface area contributed by atoms with Crippen molar-refractivity contribution in [1.82, 2.24) is 0 Å². The Hall–Kier alpha value is 0.310. The third-order valence-corrected chi connectivity index (χ3v) is 3.43. The molecule has 0 radical (unpaired) electrons. The molecule has 1 nitrogen and oxygen atoms in total. The number of rotatable bonds is 0. The Morgan fingerprint density at radius 2 is 2.22 bits per heavy atom. The minimum absolute atomic E-state index is 0.641. The normalized spacial score (nSPS) is 42.7. The second-order valence-corrected chi connectivity index (χ2v) is 4.22. The van der Waals surface area contributed by atoms with Crippen LogP contribution in [0, 0.1) is 0 Å². The second kappa shape index (κ2) is 2.51. The van der Waals surface area contributed by atoms with Crippen molar-refractivity contribution in [1.29, 1.82) is 0 Å². The van der Waals surface area contributed by atoms with Crippen LogP contribution in [-0.2, 0) is 4.74 Å². The predicted molar refractivity (Wildman–Crippen MR) is 39.8 cm³/mol. The highest BCUT2D eigenvalue weighted by Gasteiger charge is 2.30. The van der Waals surface area contributed by atoms with E-state index in [2.05, 4.69) is 11.8 Å². The molecule has 2 heterocycles. The molecule has 2 heteroatoms. The molecule has 3 rings (SSSR count). The van der Waals surface area contributed by atoms with Gasteiger partial charge in [0.1, 0.15) is 0 Å². The van der Waals surface area contributed by atoms with Crippen LogP contribution in [-0.4, -0.2) is 23.7 Å². The molecular weight excluding hydrogens is 132 g/mol. The second-order valence-electron chi connectivity index (χ2n) is 2.81. The molecule has 9 heavy (non-hydrogen) atoms. The first-order chi connectivity index (χ1) is 4.45. The Morgan fingerprint density at radius 3 is 3.11 bits per heavy atom. The molecule has 52 valence electrons. The van der Waals surface area contributed by atoms with Gasteiger partial charge in [-0.3, -0.25) is 0 Å². The summed E-state index contributed by atoms with van der Waals surface area (Å²) in [6.07, 6.45) is 4.55. The summed E-state index contributed by atoms with van der Waals surface area (Å²) in [4.78, 5) is 0. The van der Waals surface area contributed by atoms with Crippen molar-refractivity contribution in [3.05, 3.63) is 0 Å². The Labute approximate surface area is 60.2 Å². The molecule has 2 aliphatic heterocycles. The molecule has 0 amide bonds. The van der Waals surface area contributed by atoms with E-state index in [-0.39, 0.29) is 0 Å². The number of fused-ring (bicyclic) bond motifs is 4. The zero-order chi connectivity index (χ0) is 6.10. The Balaban J connectivity index is 1.85.